The number of anilines is 1. The predicted octanol–water partition coefficient (Wildman–Crippen LogP) is 3.55. The van der Waals surface area contributed by atoms with E-state index in [1.165, 1.54) is 21.8 Å². The number of rotatable bonds is 6. The Morgan fingerprint density at radius 1 is 1.13 bits per heavy atom. The van der Waals surface area contributed by atoms with Gasteiger partial charge in [-0.2, -0.15) is 4.31 Å². The first-order chi connectivity index (χ1) is 14.3. The number of hydrogen-bond acceptors (Lipinski definition) is 5. The van der Waals surface area contributed by atoms with Crippen molar-refractivity contribution in [1.82, 2.24) is 4.31 Å². The van der Waals surface area contributed by atoms with E-state index in [4.69, 9.17) is 0 Å². The summed E-state index contributed by atoms with van der Waals surface area (Å²) in [7, 11) is -3.57. The Morgan fingerprint density at radius 3 is 2.43 bits per heavy atom. The van der Waals surface area contributed by atoms with Crippen LogP contribution in [-0.4, -0.2) is 36.6 Å². The molecule has 0 aliphatic carbocycles. The molecular formula is C21H23N3O5S. The predicted molar refractivity (Wildman–Crippen MR) is 115 cm³/mol. The Kier molecular flexibility index (Phi) is 6.63. The Hall–Kier alpha value is -3.04. The fourth-order valence-corrected chi connectivity index (χ4v) is 4.60. The molecule has 3 rings (SSSR count). The standard InChI is InChI=1S/C21H23N3O5S/c1-16-19(8-5-9-20(16)24(26)27)22-21(25)18-10-13-23(14-11-18)30(28,29)15-12-17-6-3-2-4-7-17/h2-9,12,15,18H,10-11,13-14H2,1H3,(H,22,25)/b15-12+. The molecule has 2 aromatic rings. The third kappa shape index (κ3) is 5.11. The average molecular weight is 429 g/mol. The van der Waals surface area contributed by atoms with E-state index in [9.17, 15) is 23.3 Å². The number of hydrogen-bond donors (Lipinski definition) is 1. The molecule has 1 heterocycles. The summed E-state index contributed by atoms with van der Waals surface area (Å²) in [4.78, 5) is 23.2. The second-order valence-electron chi connectivity index (χ2n) is 7.13. The van der Waals surface area contributed by atoms with Crippen LogP contribution in [0.25, 0.3) is 6.08 Å². The van der Waals surface area contributed by atoms with Crippen molar-refractivity contribution in [2.45, 2.75) is 19.8 Å². The number of carbonyl (C=O) groups excluding carboxylic acids is 1. The van der Waals surface area contributed by atoms with E-state index in [0.717, 1.165) is 5.56 Å². The van der Waals surface area contributed by atoms with Crippen molar-refractivity contribution >= 4 is 33.4 Å². The van der Waals surface area contributed by atoms with Crippen LogP contribution in [0.2, 0.25) is 0 Å². The van der Waals surface area contributed by atoms with Gasteiger partial charge in [-0.05, 0) is 37.5 Å². The van der Waals surface area contributed by atoms with Crippen LogP contribution in [0.15, 0.2) is 53.9 Å². The van der Waals surface area contributed by atoms with Crippen molar-refractivity contribution in [3.05, 3.63) is 75.2 Å². The molecule has 1 N–H and O–H groups in total. The number of carbonyl (C=O) groups is 1. The average Bonchev–Trinajstić information content (AvgIpc) is 2.74. The van der Waals surface area contributed by atoms with Gasteiger partial charge in [0.05, 0.1) is 16.2 Å². The topological polar surface area (TPSA) is 110 Å². The van der Waals surface area contributed by atoms with E-state index in [1.807, 2.05) is 30.3 Å². The van der Waals surface area contributed by atoms with E-state index in [2.05, 4.69) is 5.32 Å². The molecule has 2 aromatic carbocycles. The number of sulfonamides is 1. The monoisotopic (exact) mass is 429 g/mol. The van der Waals surface area contributed by atoms with Crippen molar-refractivity contribution in [1.29, 1.82) is 0 Å². The molecule has 30 heavy (non-hydrogen) atoms. The summed E-state index contributed by atoms with van der Waals surface area (Å²) in [6.07, 6.45) is 2.33. The van der Waals surface area contributed by atoms with E-state index in [0.29, 0.717) is 24.1 Å². The van der Waals surface area contributed by atoms with Crippen molar-refractivity contribution in [3.63, 3.8) is 0 Å². The molecule has 0 saturated carbocycles. The van der Waals surface area contributed by atoms with Crippen LogP contribution < -0.4 is 5.32 Å². The molecule has 0 radical (unpaired) electrons. The maximum atomic E-state index is 12.6. The van der Waals surface area contributed by atoms with Gasteiger partial charge in [0, 0.05) is 30.5 Å². The summed E-state index contributed by atoms with van der Waals surface area (Å²) in [5.41, 5.74) is 1.53. The van der Waals surface area contributed by atoms with Crippen molar-refractivity contribution < 1.29 is 18.1 Å². The second-order valence-corrected chi connectivity index (χ2v) is 8.95. The first-order valence-electron chi connectivity index (χ1n) is 9.56. The van der Waals surface area contributed by atoms with E-state index < -0.39 is 14.9 Å². The smallest absolute Gasteiger partial charge is 0.274 e. The van der Waals surface area contributed by atoms with Gasteiger partial charge in [0.2, 0.25) is 15.9 Å². The minimum atomic E-state index is -3.57. The maximum absolute atomic E-state index is 12.6. The highest BCUT2D eigenvalue weighted by molar-refractivity contribution is 7.92. The Balaban J connectivity index is 1.60. The molecule has 0 aromatic heterocycles. The van der Waals surface area contributed by atoms with Gasteiger partial charge in [-0.25, -0.2) is 8.42 Å². The van der Waals surface area contributed by atoms with Gasteiger partial charge in [0.15, 0.2) is 0 Å². The van der Waals surface area contributed by atoms with E-state index in [1.54, 1.807) is 19.1 Å². The molecule has 0 bridgehead atoms. The fourth-order valence-electron chi connectivity index (χ4n) is 3.38. The minimum Gasteiger partial charge on any atom is -0.325 e. The number of nitro benzene ring substituents is 1. The van der Waals surface area contributed by atoms with Crippen molar-refractivity contribution in [3.8, 4) is 0 Å². The third-order valence-electron chi connectivity index (χ3n) is 5.18. The number of nitrogens with zero attached hydrogens (tertiary/aromatic N) is 2. The van der Waals surface area contributed by atoms with Gasteiger partial charge in [0.1, 0.15) is 0 Å². The zero-order chi connectivity index (χ0) is 21.7. The molecule has 0 spiro atoms. The molecule has 1 aliphatic heterocycles. The number of benzene rings is 2. The molecule has 1 aliphatic rings. The fraction of sp³-hybridized carbons (Fsp3) is 0.286. The lowest BCUT2D eigenvalue weighted by Crippen LogP contribution is -2.40. The quantitative estimate of drug-likeness (QED) is 0.558. The van der Waals surface area contributed by atoms with Crippen molar-refractivity contribution in [2.24, 2.45) is 5.92 Å². The summed E-state index contributed by atoms with van der Waals surface area (Å²) in [5, 5.41) is 15.0. The molecule has 9 heteroatoms. The first kappa shape index (κ1) is 21.7. The van der Waals surface area contributed by atoms with Gasteiger partial charge < -0.3 is 5.32 Å². The molecular weight excluding hydrogens is 406 g/mol. The highest BCUT2D eigenvalue weighted by Crippen LogP contribution is 2.27. The molecule has 8 nitrogen and oxygen atoms in total. The minimum absolute atomic E-state index is 0.0566. The lowest BCUT2D eigenvalue weighted by Gasteiger charge is -2.29. The molecule has 0 unspecified atom stereocenters. The molecule has 1 saturated heterocycles. The van der Waals surface area contributed by atoms with Crippen LogP contribution in [0.4, 0.5) is 11.4 Å². The zero-order valence-electron chi connectivity index (χ0n) is 16.5. The Labute approximate surface area is 175 Å². The van der Waals surface area contributed by atoms with Crippen LogP contribution in [0, 0.1) is 23.0 Å². The number of piperidine rings is 1. The Bertz CT molecular complexity index is 1060. The SMILES string of the molecule is Cc1c(NC(=O)C2CCN(S(=O)(=O)/C=C/c3ccccc3)CC2)cccc1[N+](=O)[O-]. The number of amides is 1. The van der Waals surface area contributed by atoms with Gasteiger partial charge in [-0.1, -0.05) is 36.4 Å². The Morgan fingerprint density at radius 2 is 1.80 bits per heavy atom. The van der Waals surface area contributed by atoms with E-state index >= 15 is 0 Å². The van der Waals surface area contributed by atoms with Crippen LogP contribution in [0.3, 0.4) is 0 Å². The summed E-state index contributed by atoms with van der Waals surface area (Å²) in [5.74, 6) is -0.608. The summed E-state index contributed by atoms with van der Waals surface area (Å²) < 4.78 is 26.5. The summed E-state index contributed by atoms with van der Waals surface area (Å²) in [6.45, 7) is 2.07. The zero-order valence-corrected chi connectivity index (χ0v) is 17.3. The molecule has 1 fully saturated rings. The van der Waals surface area contributed by atoms with Crippen LogP contribution in [0.1, 0.15) is 24.0 Å². The first-order valence-corrected chi connectivity index (χ1v) is 11.1. The lowest BCUT2D eigenvalue weighted by molar-refractivity contribution is -0.385. The van der Waals surface area contributed by atoms with Gasteiger partial charge in [0.25, 0.3) is 5.69 Å². The third-order valence-corrected chi connectivity index (χ3v) is 6.74. The van der Waals surface area contributed by atoms with Gasteiger partial charge >= 0.3 is 0 Å². The maximum Gasteiger partial charge on any atom is 0.274 e. The molecule has 1 amide bonds. The normalized spacial score (nSPS) is 15.9. The summed E-state index contributed by atoms with van der Waals surface area (Å²) in [6, 6.07) is 13.7. The summed E-state index contributed by atoms with van der Waals surface area (Å²) >= 11 is 0. The van der Waals surface area contributed by atoms with Crippen molar-refractivity contribution in [2.75, 3.05) is 18.4 Å². The number of nitrogens with one attached hydrogen (secondary N) is 1. The van der Waals surface area contributed by atoms with Gasteiger partial charge in [-0.15, -0.1) is 0 Å². The highest BCUT2D eigenvalue weighted by atomic mass is 32.2. The van der Waals surface area contributed by atoms with E-state index in [-0.39, 0.29) is 30.6 Å². The van der Waals surface area contributed by atoms with Crippen LogP contribution in [-0.2, 0) is 14.8 Å². The largest absolute Gasteiger partial charge is 0.325 e. The second kappa shape index (κ2) is 9.19. The van der Waals surface area contributed by atoms with Crippen LogP contribution >= 0.6 is 0 Å². The molecule has 158 valence electrons. The van der Waals surface area contributed by atoms with Crippen LogP contribution in [0.5, 0.6) is 0 Å². The number of nitro groups is 1. The van der Waals surface area contributed by atoms with Gasteiger partial charge in [-0.3, -0.25) is 14.9 Å². The lowest BCUT2D eigenvalue weighted by atomic mass is 9.97. The highest BCUT2D eigenvalue weighted by Gasteiger charge is 2.30. The molecule has 0 atom stereocenters.